The molecule has 0 heterocycles. The highest BCUT2D eigenvalue weighted by Crippen LogP contribution is 2.12. The summed E-state index contributed by atoms with van der Waals surface area (Å²) in [5.74, 6) is -0.869. The Hall–Kier alpha value is -0.660. The van der Waals surface area contributed by atoms with Crippen LogP contribution in [0.25, 0.3) is 0 Å². The third-order valence-corrected chi connectivity index (χ3v) is 3.91. The molecule has 1 unspecified atom stereocenters. The first kappa shape index (κ1) is 14.3. The lowest BCUT2D eigenvalue weighted by atomic mass is 10.3. The van der Waals surface area contributed by atoms with E-state index in [0.717, 1.165) is 7.11 Å². The standard InChI is InChI=1S/C8H17NO5S/c1-8(2,3)15(12,13)9-5-6(10)7(11)14-4/h6,9-10H,5H2,1-4H3. The fourth-order valence-electron chi connectivity index (χ4n) is 0.625. The summed E-state index contributed by atoms with van der Waals surface area (Å²) in [5, 5.41) is 9.15. The number of sulfonamides is 1. The van der Waals surface area contributed by atoms with Gasteiger partial charge in [-0.05, 0) is 20.8 Å². The number of carbonyl (C=O) groups is 1. The van der Waals surface area contributed by atoms with E-state index < -0.39 is 26.8 Å². The molecule has 0 spiro atoms. The predicted octanol–water partition coefficient (Wildman–Crippen LogP) is -0.762. The van der Waals surface area contributed by atoms with Crippen LogP contribution in [0.2, 0.25) is 0 Å². The Bertz CT molecular complexity index is 316. The van der Waals surface area contributed by atoms with Gasteiger partial charge in [-0.1, -0.05) is 0 Å². The molecule has 0 rings (SSSR count). The molecule has 0 aromatic heterocycles. The van der Waals surface area contributed by atoms with Crippen LogP contribution in [0.4, 0.5) is 0 Å². The first-order valence-electron chi connectivity index (χ1n) is 4.37. The number of carbonyl (C=O) groups excluding carboxylic acids is 1. The highest BCUT2D eigenvalue weighted by atomic mass is 32.2. The van der Waals surface area contributed by atoms with Crippen molar-refractivity contribution < 1.29 is 23.1 Å². The molecule has 0 radical (unpaired) electrons. The summed E-state index contributed by atoms with van der Waals surface area (Å²) >= 11 is 0. The maximum absolute atomic E-state index is 11.5. The quantitative estimate of drug-likeness (QED) is 0.629. The molecule has 90 valence electrons. The van der Waals surface area contributed by atoms with Crippen LogP contribution in [0.5, 0.6) is 0 Å². The van der Waals surface area contributed by atoms with E-state index in [1.165, 1.54) is 20.8 Å². The number of esters is 1. The Labute approximate surface area is 89.7 Å². The summed E-state index contributed by atoms with van der Waals surface area (Å²) in [5.41, 5.74) is 0. The summed E-state index contributed by atoms with van der Waals surface area (Å²) in [6.45, 7) is 4.16. The number of methoxy groups -OCH3 is 1. The van der Waals surface area contributed by atoms with Gasteiger partial charge >= 0.3 is 5.97 Å². The smallest absolute Gasteiger partial charge is 0.336 e. The lowest BCUT2D eigenvalue weighted by Crippen LogP contribution is -2.44. The minimum atomic E-state index is -3.55. The zero-order chi connectivity index (χ0) is 12.3. The second-order valence-corrected chi connectivity index (χ2v) is 6.52. The molecule has 0 amide bonds. The number of rotatable bonds is 4. The van der Waals surface area contributed by atoms with E-state index in [-0.39, 0.29) is 6.54 Å². The minimum absolute atomic E-state index is 0.383. The van der Waals surface area contributed by atoms with E-state index in [4.69, 9.17) is 5.11 Å². The maximum atomic E-state index is 11.5. The molecule has 0 bridgehead atoms. The van der Waals surface area contributed by atoms with E-state index in [9.17, 15) is 13.2 Å². The molecule has 0 aromatic rings. The average Bonchev–Trinajstić information content (AvgIpc) is 2.11. The number of aliphatic hydroxyl groups excluding tert-OH is 1. The van der Waals surface area contributed by atoms with Gasteiger partial charge < -0.3 is 9.84 Å². The fourth-order valence-corrected chi connectivity index (χ4v) is 1.43. The van der Waals surface area contributed by atoms with E-state index in [1.807, 2.05) is 0 Å². The van der Waals surface area contributed by atoms with Gasteiger partial charge in [0, 0.05) is 6.54 Å². The Morgan fingerprint density at radius 2 is 1.93 bits per heavy atom. The Balaban J connectivity index is 4.36. The van der Waals surface area contributed by atoms with Gasteiger partial charge in [-0.15, -0.1) is 0 Å². The summed E-state index contributed by atoms with van der Waals surface area (Å²) < 4.78 is 28.4. The molecular formula is C8H17NO5S. The number of ether oxygens (including phenoxy) is 1. The van der Waals surface area contributed by atoms with Crippen molar-refractivity contribution in [3.8, 4) is 0 Å². The van der Waals surface area contributed by atoms with E-state index >= 15 is 0 Å². The molecule has 1 atom stereocenters. The van der Waals surface area contributed by atoms with Crippen molar-refractivity contribution in [2.24, 2.45) is 0 Å². The Morgan fingerprint density at radius 1 is 1.47 bits per heavy atom. The molecule has 0 aliphatic carbocycles. The van der Waals surface area contributed by atoms with Crippen LogP contribution in [-0.4, -0.2) is 44.0 Å². The predicted molar refractivity (Wildman–Crippen MR) is 54.7 cm³/mol. The first-order chi connectivity index (χ1) is 6.62. The van der Waals surface area contributed by atoms with Gasteiger partial charge in [0.15, 0.2) is 6.10 Å². The molecule has 0 saturated heterocycles. The molecule has 0 aliphatic rings. The highest BCUT2D eigenvalue weighted by Gasteiger charge is 2.30. The number of aliphatic hydroxyl groups is 1. The van der Waals surface area contributed by atoms with Gasteiger partial charge in [-0.2, -0.15) is 0 Å². The van der Waals surface area contributed by atoms with Gasteiger partial charge in [-0.25, -0.2) is 17.9 Å². The molecule has 15 heavy (non-hydrogen) atoms. The summed E-state index contributed by atoms with van der Waals surface area (Å²) in [6.07, 6.45) is -1.48. The zero-order valence-corrected chi connectivity index (χ0v) is 10.1. The van der Waals surface area contributed by atoms with Crippen LogP contribution in [0.3, 0.4) is 0 Å². The summed E-state index contributed by atoms with van der Waals surface area (Å²) in [4.78, 5) is 10.8. The number of nitrogens with one attached hydrogen (secondary N) is 1. The van der Waals surface area contributed by atoms with Gasteiger partial charge in [0.25, 0.3) is 0 Å². The summed E-state index contributed by atoms with van der Waals surface area (Å²) in [6, 6.07) is 0. The van der Waals surface area contributed by atoms with E-state index in [0.29, 0.717) is 0 Å². The molecule has 2 N–H and O–H groups in total. The molecule has 0 saturated carbocycles. The van der Waals surface area contributed by atoms with Crippen LogP contribution in [0.15, 0.2) is 0 Å². The largest absolute Gasteiger partial charge is 0.467 e. The lowest BCUT2D eigenvalue weighted by molar-refractivity contribution is -0.149. The van der Waals surface area contributed by atoms with Crippen molar-refractivity contribution >= 4 is 16.0 Å². The number of hydrogen-bond donors (Lipinski definition) is 2. The summed E-state index contributed by atoms with van der Waals surface area (Å²) in [7, 11) is -2.44. The van der Waals surface area contributed by atoms with Crippen LogP contribution >= 0.6 is 0 Å². The van der Waals surface area contributed by atoms with Crippen LogP contribution in [-0.2, 0) is 19.6 Å². The second-order valence-electron chi connectivity index (χ2n) is 4.00. The van der Waals surface area contributed by atoms with Crippen molar-refractivity contribution in [2.45, 2.75) is 31.6 Å². The third-order valence-electron chi connectivity index (χ3n) is 1.75. The Kier molecular flexibility index (Phi) is 4.69. The highest BCUT2D eigenvalue weighted by molar-refractivity contribution is 7.90. The van der Waals surface area contributed by atoms with Crippen molar-refractivity contribution in [3.05, 3.63) is 0 Å². The van der Waals surface area contributed by atoms with Crippen molar-refractivity contribution in [1.82, 2.24) is 4.72 Å². The molecule has 0 aromatic carbocycles. The Morgan fingerprint density at radius 3 is 2.27 bits per heavy atom. The second kappa shape index (κ2) is 4.91. The van der Waals surface area contributed by atoms with Gasteiger partial charge in [0.2, 0.25) is 10.0 Å². The van der Waals surface area contributed by atoms with Crippen molar-refractivity contribution in [3.63, 3.8) is 0 Å². The van der Waals surface area contributed by atoms with Crippen LogP contribution in [0.1, 0.15) is 20.8 Å². The molecular weight excluding hydrogens is 222 g/mol. The molecule has 0 aliphatic heterocycles. The van der Waals surface area contributed by atoms with Crippen LogP contribution in [0, 0.1) is 0 Å². The molecule has 0 fully saturated rings. The van der Waals surface area contributed by atoms with Crippen molar-refractivity contribution in [2.75, 3.05) is 13.7 Å². The van der Waals surface area contributed by atoms with Crippen LogP contribution < -0.4 is 4.72 Å². The third kappa shape index (κ3) is 4.15. The molecule has 6 nitrogen and oxygen atoms in total. The minimum Gasteiger partial charge on any atom is -0.467 e. The van der Waals surface area contributed by atoms with E-state index in [1.54, 1.807) is 0 Å². The number of hydrogen-bond acceptors (Lipinski definition) is 5. The topological polar surface area (TPSA) is 92.7 Å². The SMILES string of the molecule is COC(=O)C(O)CNS(=O)(=O)C(C)(C)C. The van der Waals surface area contributed by atoms with Gasteiger partial charge in [0.1, 0.15) is 0 Å². The monoisotopic (exact) mass is 239 g/mol. The normalized spacial score (nSPS) is 14.7. The van der Waals surface area contributed by atoms with Gasteiger partial charge in [0.05, 0.1) is 11.9 Å². The maximum Gasteiger partial charge on any atom is 0.336 e. The first-order valence-corrected chi connectivity index (χ1v) is 5.85. The molecule has 7 heteroatoms. The van der Waals surface area contributed by atoms with E-state index in [2.05, 4.69) is 9.46 Å². The van der Waals surface area contributed by atoms with Gasteiger partial charge in [-0.3, -0.25) is 0 Å². The fraction of sp³-hybridized carbons (Fsp3) is 0.875. The average molecular weight is 239 g/mol. The zero-order valence-electron chi connectivity index (χ0n) is 9.27. The van der Waals surface area contributed by atoms with Crippen molar-refractivity contribution in [1.29, 1.82) is 0 Å². The lowest BCUT2D eigenvalue weighted by Gasteiger charge is -2.20.